The molecule has 5 nitrogen and oxygen atoms in total. The Labute approximate surface area is 126 Å². The summed E-state index contributed by atoms with van der Waals surface area (Å²) in [5.41, 5.74) is 3.17. The van der Waals surface area contributed by atoms with Crippen LogP contribution in [0.2, 0.25) is 5.02 Å². The number of rotatable bonds is 1. The number of aromatic nitrogens is 5. The SMILES string of the molecule is Clc1ccc2c(c1)-c1nc(C3CC3)nn1Cc1cncn1-2. The zero-order valence-corrected chi connectivity index (χ0v) is 12.0. The molecule has 3 aromatic rings. The highest BCUT2D eigenvalue weighted by Crippen LogP contribution is 2.40. The maximum absolute atomic E-state index is 6.20. The van der Waals surface area contributed by atoms with E-state index in [0.717, 1.165) is 28.6 Å². The highest BCUT2D eigenvalue weighted by molar-refractivity contribution is 6.31. The zero-order valence-electron chi connectivity index (χ0n) is 11.2. The molecule has 1 aromatic carbocycles. The quantitative estimate of drug-likeness (QED) is 0.542. The summed E-state index contributed by atoms with van der Waals surface area (Å²) in [6, 6.07) is 5.88. The van der Waals surface area contributed by atoms with Gasteiger partial charge in [0.05, 0.1) is 30.5 Å². The van der Waals surface area contributed by atoms with E-state index in [9.17, 15) is 0 Å². The molecule has 2 aromatic heterocycles. The molecule has 6 heteroatoms. The van der Waals surface area contributed by atoms with Crippen molar-refractivity contribution in [2.24, 2.45) is 0 Å². The van der Waals surface area contributed by atoms with Gasteiger partial charge in [-0.3, -0.25) is 0 Å². The monoisotopic (exact) mass is 297 g/mol. The molecule has 0 N–H and O–H groups in total. The van der Waals surface area contributed by atoms with Gasteiger partial charge in [-0.25, -0.2) is 14.6 Å². The Balaban J connectivity index is 1.82. The van der Waals surface area contributed by atoms with Crippen molar-refractivity contribution in [3.8, 4) is 17.1 Å². The molecule has 0 saturated heterocycles. The minimum absolute atomic E-state index is 0.539. The van der Waals surface area contributed by atoms with Crippen molar-refractivity contribution in [2.75, 3.05) is 0 Å². The maximum Gasteiger partial charge on any atom is 0.160 e. The van der Waals surface area contributed by atoms with Crippen LogP contribution in [0.1, 0.15) is 30.3 Å². The molecule has 1 aliphatic heterocycles. The molecule has 1 fully saturated rings. The number of imidazole rings is 1. The Morgan fingerprint density at radius 2 is 2.14 bits per heavy atom. The van der Waals surface area contributed by atoms with Crippen LogP contribution in [0.3, 0.4) is 0 Å². The fourth-order valence-electron chi connectivity index (χ4n) is 2.89. The summed E-state index contributed by atoms with van der Waals surface area (Å²) in [5, 5.41) is 5.41. The lowest BCUT2D eigenvalue weighted by atomic mass is 10.1. The largest absolute Gasteiger partial charge is 0.301 e. The summed E-state index contributed by atoms with van der Waals surface area (Å²) < 4.78 is 4.06. The minimum Gasteiger partial charge on any atom is -0.301 e. The van der Waals surface area contributed by atoms with Crippen molar-refractivity contribution in [3.63, 3.8) is 0 Å². The van der Waals surface area contributed by atoms with Gasteiger partial charge in [0.2, 0.25) is 0 Å². The predicted octanol–water partition coefficient (Wildman–Crippen LogP) is 3.02. The van der Waals surface area contributed by atoms with E-state index in [1.54, 1.807) is 0 Å². The topological polar surface area (TPSA) is 48.5 Å². The molecule has 1 aliphatic carbocycles. The van der Waals surface area contributed by atoms with Gasteiger partial charge in [0.25, 0.3) is 0 Å². The summed E-state index contributed by atoms with van der Waals surface area (Å²) in [5.74, 6) is 2.40. The van der Waals surface area contributed by atoms with Crippen LogP contribution in [-0.2, 0) is 6.54 Å². The normalized spacial score (nSPS) is 16.0. The van der Waals surface area contributed by atoms with E-state index in [1.807, 2.05) is 35.4 Å². The van der Waals surface area contributed by atoms with Crippen LogP contribution in [0.15, 0.2) is 30.7 Å². The van der Waals surface area contributed by atoms with E-state index in [-0.39, 0.29) is 0 Å². The van der Waals surface area contributed by atoms with Crippen LogP contribution < -0.4 is 0 Å². The van der Waals surface area contributed by atoms with Crippen LogP contribution in [0.5, 0.6) is 0 Å². The first-order valence-corrected chi connectivity index (χ1v) is 7.43. The fraction of sp³-hybridized carbons (Fsp3) is 0.267. The zero-order chi connectivity index (χ0) is 14.0. The molecule has 21 heavy (non-hydrogen) atoms. The Kier molecular flexibility index (Phi) is 2.16. The maximum atomic E-state index is 6.20. The third kappa shape index (κ3) is 1.67. The van der Waals surface area contributed by atoms with Crippen molar-refractivity contribution in [1.29, 1.82) is 0 Å². The molecule has 0 radical (unpaired) electrons. The third-order valence-corrected chi connectivity index (χ3v) is 4.35. The summed E-state index contributed by atoms with van der Waals surface area (Å²) in [6.07, 6.45) is 6.11. The van der Waals surface area contributed by atoms with Crippen molar-refractivity contribution < 1.29 is 0 Å². The first-order valence-electron chi connectivity index (χ1n) is 7.06. The van der Waals surface area contributed by atoms with Crippen molar-refractivity contribution in [2.45, 2.75) is 25.3 Å². The molecule has 0 spiro atoms. The van der Waals surface area contributed by atoms with Crippen molar-refractivity contribution >= 4 is 11.6 Å². The molecule has 0 amide bonds. The number of benzene rings is 1. The van der Waals surface area contributed by atoms with Crippen molar-refractivity contribution in [3.05, 3.63) is 47.3 Å². The van der Waals surface area contributed by atoms with E-state index >= 15 is 0 Å². The molecule has 0 bridgehead atoms. The van der Waals surface area contributed by atoms with Crippen LogP contribution in [0.4, 0.5) is 0 Å². The van der Waals surface area contributed by atoms with Gasteiger partial charge in [0.1, 0.15) is 0 Å². The third-order valence-electron chi connectivity index (χ3n) is 4.12. The van der Waals surface area contributed by atoms with Crippen LogP contribution >= 0.6 is 11.6 Å². The molecule has 5 rings (SSSR count). The lowest BCUT2D eigenvalue weighted by molar-refractivity contribution is 0.664. The lowest BCUT2D eigenvalue weighted by Gasteiger charge is -2.08. The standard InChI is InChI=1S/C15H12ClN5/c16-10-3-4-13-12(5-10)15-18-14(9-1-2-9)19-21(15)7-11-6-17-8-20(11)13/h3-6,8-9H,1-2,7H2. The van der Waals surface area contributed by atoms with Crippen LogP contribution in [-0.4, -0.2) is 24.3 Å². The van der Waals surface area contributed by atoms with E-state index in [0.29, 0.717) is 17.5 Å². The average molecular weight is 298 g/mol. The molecule has 0 unspecified atom stereocenters. The summed E-state index contributed by atoms with van der Waals surface area (Å²) in [7, 11) is 0. The van der Waals surface area contributed by atoms with E-state index < -0.39 is 0 Å². The summed E-state index contributed by atoms with van der Waals surface area (Å²) in [4.78, 5) is 9.04. The summed E-state index contributed by atoms with van der Waals surface area (Å²) >= 11 is 6.20. The van der Waals surface area contributed by atoms with Crippen LogP contribution in [0, 0.1) is 0 Å². The molecule has 0 atom stereocenters. The minimum atomic E-state index is 0.539. The predicted molar refractivity (Wildman–Crippen MR) is 78.7 cm³/mol. The molecule has 1 saturated carbocycles. The van der Waals surface area contributed by atoms with Crippen LogP contribution in [0.25, 0.3) is 17.1 Å². The van der Waals surface area contributed by atoms with Gasteiger partial charge >= 0.3 is 0 Å². The second-order valence-corrected chi connectivity index (χ2v) is 6.08. The molecule has 2 aliphatic rings. The second-order valence-electron chi connectivity index (χ2n) is 5.64. The fourth-order valence-corrected chi connectivity index (χ4v) is 3.06. The van der Waals surface area contributed by atoms with E-state index in [2.05, 4.69) is 9.55 Å². The van der Waals surface area contributed by atoms with Gasteiger partial charge in [0.15, 0.2) is 11.6 Å². The Bertz CT molecular complexity index is 859. The highest BCUT2D eigenvalue weighted by atomic mass is 35.5. The summed E-state index contributed by atoms with van der Waals surface area (Å²) in [6.45, 7) is 0.682. The molecular formula is C15H12ClN5. The van der Waals surface area contributed by atoms with Gasteiger partial charge in [0, 0.05) is 16.5 Å². The number of hydrogen-bond acceptors (Lipinski definition) is 3. The smallest absolute Gasteiger partial charge is 0.160 e. The first-order chi connectivity index (χ1) is 10.3. The lowest BCUT2D eigenvalue weighted by Crippen LogP contribution is -2.04. The van der Waals surface area contributed by atoms with Gasteiger partial charge in [-0.1, -0.05) is 11.6 Å². The Morgan fingerprint density at radius 1 is 1.24 bits per heavy atom. The Morgan fingerprint density at radius 3 is 3.00 bits per heavy atom. The van der Waals surface area contributed by atoms with Crippen molar-refractivity contribution in [1.82, 2.24) is 24.3 Å². The number of fused-ring (bicyclic) bond motifs is 5. The van der Waals surface area contributed by atoms with Gasteiger partial charge in [-0.05, 0) is 31.0 Å². The number of hydrogen-bond donors (Lipinski definition) is 0. The van der Waals surface area contributed by atoms with Gasteiger partial charge in [-0.2, -0.15) is 5.10 Å². The van der Waals surface area contributed by atoms with E-state index in [1.165, 1.54) is 12.8 Å². The number of nitrogens with zero attached hydrogens (tertiary/aromatic N) is 5. The Hall–Kier alpha value is -2.14. The van der Waals surface area contributed by atoms with Gasteiger partial charge in [-0.15, -0.1) is 0 Å². The average Bonchev–Trinajstić information content (AvgIpc) is 3.12. The first kappa shape index (κ1) is 11.5. The van der Waals surface area contributed by atoms with Gasteiger partial charge < -0.3 is 4.57 Å². The number of halogens is 1. The molecule has 104 valence electrons. The molecular weight excluding hydrogens is 286 g/mol. The highest BCUT2D eigenvalue weighted by Gasteiger charge is 2.31. The van der Waals surface area contributed by atoms with E-state index in [4.69, 9.17) is 21.7 Å². The second kappa shape index (κ2) is 3.95. The molecule has 3 heterocycles.